The summed E-state index contributed by atoms with van der Waals surface area (Å²) in [6, 6.07) is 0. The molecule has 0 radical (unpaired) electrons. The minimum absolute atomic E-state index is 0.402. The number of anilines is 1. The van der Waals surface area contributed by atoms with Gasteiger partial charge in [-0.1, -0.05) is 0 Å². The summed E-state index contributed by atoms with van der Waals surface area (Å²) in [7, 11) is 1.79. The molecule has 1 fully saturated rings. The molecule has 1 aliphatic heterocycles. The first kappa shape index (κ1) is 13.2. The number of aliphatic hydroxyl groups excluding tert-OH is 2. The van der Waals surface area contributed by atoms with E-state index >= 15 is 0 Å². The highest BCUT2D eigenvalue weighted by Gasteiger charge is 2.30. The lowest BCUT2D eigenvalue weighted by Gasteiger charge is -2.14. The number of fused-ring (bicyclic) bond motifs is 1. The molecular weight excluding hydrogens is 262 g/mol. The lowest BCUT2D eigenvalue weighted by molar-refractivity contribution is 0.0572. The molecule has 9 nitrogen and oxygen atoms in total. The molecular formula is C11H17N7O2. The average molecular weight is 279 g/mol. The molecule has 1 aliphatic rings. The van der Waals surface area contributed by atoms with Crippen molar-refractivity contribution >= 4 is 16.9 Å². The van der Waals surface area contributed by atoms with Crippen molar-refractivity contribution in [1.29, 1.82) is 0 Å². The van der Waals surface area contributed by atoms with Crippen molar-refractivity contribution in [3.8, 4) is 0 Å². The first-order valence-corrected chi connectivity index (χ1v) is 6.32. The number of β-amino-alcohol motifs (C(OH)–C–C–N with tert-alkyl or cyclic N) is 2. The second-order valence-corrected chi connectivity index (χ2v) is 4.97. The zero-order valence-electron chi connectivity index (χ0n) is 11.1. The Morgan fingerprint density at radius 1 is 1.35 bits per heavy atom. The first-order valence-electron chi connectivity index (χ1n) is 6.32. The Bertz CT molecular complexity index is 619. The molecule has 2 atom stereocenters. The second-order valence-electron chi connectivity index (χ2n) is 4.97. The SMILES string of the molecule is Cn1ncc2c(NN)nc(CN3CC(O)C(O)C3)nc21. The van der Waals surface area contributed by atoms with Gasteiger partial charge in [0.2, 0.25) is 0 Å². The molecule has 9 heteroatoms. The monoisotopic (exact) mass is 279 g/mol. The van der Waals surface area contributed by atoms with Crippen molar-refractivity contribution in [2.24, 2.45) is 12.9 Å². The van der Waals surface area contributed by atoms with Crippen LogP contribution < -0.4 is 11.3 Å². The van der Waals surface area contributed by atoms with E-state index in [0.29, 0.717) is 36.9 Å². The van der Waals surface area contributed by atoms with Crippen LogP contribution in [0.15, 0.2) is 6.20 Å². The normalized spacial score (nSPS) is 23.6. The van der Waals surface area contributed by atoms with Gasteiger partial charge in [0, 0.05) is 20.1 Å². The molecule has 0 amide bonds. The lowest BCUT2D eigenvalue weighted by Crippen LogP contribution is -2.23. The molecule has 1 saturated heterocycles. The standard InChI is InChI=1S/C11H17N7O2/c1-17-11-6(2-13-17)10(16-12)14-9(15-11)5-18-3-7(19)8(20)4-18/h2,7-8,19-20H,3-5,12H2,1H3,(H,14,15,16). The van der Waals surface area contributed by atoms with Gasteiger partial charge in [-0.15, -0.1) is 0 Å². The molecule has 0 spiro atoms. The molecule has 2 aromatic heterocycles. The predicted octanol–water partition coefficient (Wildman–Crippen LogP) is -1.81. The number of aromatic nitrogens is 4. The van der Waals surface area contributed by atoms with E-state index in [2.05, 4.69) is 20.5 Å². The van der Waals surface area contributed by atoms with Crippen LogP contribution in [0.5, 0.6) is 0 Å². The summed E-state index contributed by atoms with van der Waals surface area (Å²) in [4.78, 5) is 10.7. The van der Waals surface area contributed by atoms with E-state index in [1.807, 2.05) is 4.90 Å². The predicted molar refractivity (Wildman–Crippen MR) is 71.4 cm³/mol. The summed E-state index contributed by atoms with van der Waals surface area (Å²) in [6.07, 6.45) is 0.211. The molecule has 3 rings (SSSR count). The quantitative estimate of drug-likeness (QED) is 0.382. The third kappa shape index (κ3) is 2.20. The van der Waals surface area contributed by atoms with E-state index in [-0.39, 0.29) is 0 Å². The van der Waals surface area contributed by atoms with Crippen molar-refractivity contribution in [2.75, 3.05) is 18.5 Å². The van der Waals surface area contributed by atoms with Crippen LogP contribution in [0.4, 0.5) is 5.82 Å². The second kappa shape index (κ2) is 4.94. The van der Waals surface area contributed by atoms with Gasteiger partial charge in [-0.25, -0.2) is 15.8 Å². The third-order valence-electron chi connectivity index (χ3n) is 3.47. The maximum Gasteiger partial charge on any atom is 0.163 e. The van der Waals surface area contributed by atoms with E-state index in [0.717, 1.165) is 5.39 Å². The molecule has 0 aromatic carbocycles. The van der Waals surface area contributed by atoms with Crippen LogP contribution in [0, 0.1) is 0 Å². The van der Waals surface area contributed by atoms with Gasteiger partial charge in [0.25, 0.3) is 0 Å². The summed E-state index contributed by atoms with van der Waals surface area (Å²) < 4.78 is 1.65. The number of aryl methyl sites for hydroxylation is 1. The van der Waals surface area contributed by atoms with Crippen molar-refractivity contribution in [1.82, 2.24) is 24.6 Å². The van der Waals surface area contributed by atoms with Crippen LogP contribution in [0.3, 0.4) is 0 Å². The third-order valence-corrected chi connectivity index (χ3v) is 3.47. The van der Waals surface area contributed by atoms with Gasteiger partial charge in [0.05, 0.1) is 30.3 Å². The summed E-state index contributed by atoms with van der Waals surface area (Å²) >= 11 is 0. The van der Waals surface area contributed by atoms with E-state index in [1.165, 1.54) is 0 Å². The minimum atomic E-state index is -0.720. The maximum absolute atomic E-state index is 9.55. The van der Waals surface area contributed by atoms with E-state index in [1.54, 1.807) is 17.9 Å². The number of hydrogen-bond acceptors (Lipinski definition) is 8. The lowest BCUT2D eigenvalue weighted by atomic mass is 10.3. The highest BCUT2D eigenvalue weighted by molar-refractivity contribution is 5.86. The fraction of sp³-hybridized carbons (Fsp3) is 0.545. The number of nitrogens with two attached hydrogens (primary N) is 1. The number of rotatable bonds is 3. The van der Waals surface area contributed by atoms with Crippen molar-refractivity contribution < 1.29 is 10.2 Å². The Morgan fingerprint density at radius 3 is 2.70 bits per heavy atom. The van der Waals surface area contributed by atoms with Gasteiger partial charge in [0.15, 0.2) is 11.5 Å². The highest BCUT2D eigenvalue weighted by Crippen LogP contribution is 2.20. The molecule has 3 heterocycles. The maximum atomic E-state index is 9.55. The topological polar surface area (TPSA) is 125 Å². The fourth-order valence-electron chi connectivity index (χ4n) is 2.42. The van der Waals surface area contributed by atoms with Crippen LogP contribution in [-0.2, 0) is 13.6 Å². The largest absolute Gasteiger partial charge is 0.389 e. The summed E-state index contributed by atoms with van der Waals surface area (Å²) in [5.41, 5.74) is 3.23. The smallest absolute Gasteiger partial charge is 0.163 e. The average Bonchev–Trinajstić information content (AvgIpc) is 2.93. The Kier molecular flexibility index (Phi) is 3.26. The van der Waals surface area contributed by atoms with E-state index in [9.17, 15) is 10.2 Å². The Balaban J connectivity index is 1.90. The minimum Gasteiger partial charge on any atom is -0.389 e. The van der Waals surface area contributed by atoms with Gasteiger partial charge in [-0.05, 0) is 0 Å². The summed E-state index contributed by atoms with van der Waals surface area (Å²) in [5, 5.41) is 24.0. The Morgan fingerprint density at radius 2 is 2.05 bits per heavy atom. The Labute approximate surface area is 115 Å². The number of hydrogen-bond donors (Lipinski definition) is 4. The van der Waals surface area contributed by atoms with Crippen LogP contribution in [0.1, 0.15) is 5.82 Å². The van der Waals surface area contributed by atoms with E-state index in [4.69, 9.17) is 5.84 Å². The number of nitrogens with one attached hydrogen (secondary N) is 1. The van der Waals surface area contributed by atoms with Gasteiger partial charge in [0.1, 0.15) is 5.82 Å². The van der Waals surface area contributed by atoms with E-state index < -0.39 is 12.2 Å². The number of nitrogen functional groups attached to an aromatic ring is 1. The van der Waals surface area contributed by atoms with Crippen LogP contribution >= 0.6 is 0 Å². The van der Waals surface area contributed by atoms with Crippen LogP contribution in [0.2, 0.25) is 0 Å². The van der Waals surface area contributed by atoms with Gasteiger partial charge in [-0.2, -0.15) is 5.10 Å². The van der Waals surface area contributed by atoms with Gasteiger partial charge >= 0.3 is 0 Å². The number of likely N-dealkylation sites (tertiary alicyclic amines) is 1. The molecule has 108 valence electrons. The molecule has 0 bridgehead atoms. The number of aliphatic hydroxyl groups is 2. The van der Waals surface area contributed by atoms with Gasteiger partial charge < -0.3 is 15.6 Å². The Hall–Kier alpha value is -1.81. The summed E-state index contributed by atoms with van der Waals surface area (Å²) in [6.45, 7) is 1.24. The number of hydrazine groups is 1. The van der Waals surface area contributed by atoms with Crippen molar-refractivity contribution in [3.63, 3.8) is 0 Å². The fourth-order valence-corrected chi connectivity index (χ4v) is 2.42. The van der Waals surface area contributed by atoms with Crippen molar-refractivity contribution in [3.05, 3.63) is 12.0 Å². The summed E-state index contributed by atoms with van der Waals surface area (Å²) in [5.74, 6) is 6.55. The number of nitrogens with zero attached hydrogens (tertiary/aromatic N) is 5. The van der Waals surface area contributed by atoms with Crippen molar-refractivity contribution in [2.45, 2.75) is 18.8 Å². The van der Waals surface area contributed by atoms with Crippen LogP contribution in [-0.4, -0.2) is 60.2 Å². The molecule has 0 saturated carbocycles. The highest BCUT2D eigenvalue weighted by atomic mass is 16.3. The zero-order chi connectivity index (χ0) is 14.3. The zero-order valence-corrected chi connectivity index (χ0v) is 11.1. The molecule has 2 aromatic rings. The molecule has 0 aliphatic carbocycles. The molecule has 20 heavy (non-hydrogen) atoms. The molecule has 2 unspecified atom stereocenters. The molecule has 5 N–H and O–H groups in total. The van der Waals surface area contributed by atoms with Crippen LogP contribution in [0.25, 0.3) is 11.0 Å². The first-order chi connectivity index (χ1) is 9.58. The van der Waals surface area contributed by atoms with Gasteiger partial charge in [-0.3, -0.25) is 9.58 Å².